The highest BCUT2D eigenvalue weighted by Gasteiger charge is 2.43. The van der Waals surface area contributed by atoms with Gasteiger partial charge in [0.05, 0.1) is 0 Å². The van der Waals surface area contributed by atoms with E-state index < -0.39 is 29.7 Å². The first-order chi connectivity index (χ1) is 17.9. The molecule has 2 aliphatic heterocycles. The van der Waals surface area contributed by atoms with Crippen LogP contribution in [0.1, 0.15) is 63.5 Å². The molecule has 0 saturated carbocycles. The Hall–Kier alpha value is -3.07. The molecule has 38 heavy (non-hydrogen) atoms. The first kappa shape index (κ1) is 28.0. The first-order valence-electron chi connectivity index (χ1n) is 13.4. The van der Waals surface area contributed by atoms with Crippen molar-refractivity contribution < 1.29 is 19.1 Å². The molecule has 1 aromatic heterocycles. The fourth-order valence-corrected chi connectivity index (χ4v) is 6.26. The third-order valence-electron chi connectivity index (χ3n) is 7.44. The largest absolute Gasteiger partial charge is 0.444 e. The van der Waals surface area contributed by atoms with Crippen LogP contribution in [0.4, 0.5) is 10.5 Å². The number of fused-ring (bicyclic) bond motifs is 1. The zero-order chi connectivity index (χ0) is 27.6. The molecule has 0 bridgehead atoms. The van der Waals surface area contributed by atoms with E-state index >= 15 is 0 Å². The lowest BCUT2D eigenvalue weighted by molar-refractivity contribution is -0.134. The maximum Gasteiger partial charge on any atom is 0.411 e. The van der Waals surface area contributed by atoms with Gasteiger partial charge in [0.1, 0.15) is 17.7 Å². The van der Waals surface area contributed by atoms with Crippen LogP contribution in [-0.4, -0.2) is 53.1 Å². The number of anilines is 1. The van der Waals surface area contributed by atoms with E-state index in [4.69, 9.17) is 10.5 Å². The van der Waals surface area contributed by atoms with Crippen LogP contribution in [-0.2, 0) is 33.7 Å². The van der Waals surface area contributed by atoms with Gasteiger partial charge in [0.2, 0.25) is 11.8 Å². The van der Waals surface area contributed by atoms with E-state index in [1.807, 2.05) is 37.3 Å². The number of rotatable bonds is 6. The number of nitrogens with two attached hydrogens (primary N) is 1. The molecule has 0 spiro atoms. The summed E-state index contributed by atoms with van der Waals surface area (Å²) in [5.74, 6) is -1.07. The van der Waals surface area contributed by atoms with E-state index in [-0.39, 0.29) is 24.3 Å². The highest BCUT2D eigenvalue weighted by molar-refractivity contribution is 7.10. The van der Waals surface area contributed by atoms with Gasteiger partial charge in [-0.2, -0.15) is 0 Å². The molecule has 4 rings (SSSR count). The van der Waals surface area contributed by atoms with Gasteiger partial charge >= 0.3 is 6.09 Å². The van der Waals surface area contributed by atoms with Crippen molar-refractivity contribution in [3.63, 3.8) is 0 Å². The Kier molecular flexibility index (Phi) is 8.35. The number of carbonyl (C=O) groups is 3. The standard InChI is InChI=1S/C29H40N4O4S/c1-18-6-7-19(2)33(28(36)37-29(3,4)5)25(18)27(35)31-23(26(30)34)16-20-8-10-22(11-9-20)32-14-12-24-21(17-32)13-15-38-24/h8-11,13,15,18-19,23,25H,6-7,12,14,16-17H2,1-5H3,(H2,30,34)(H,31,35)/t18-,19+,23+,25+/m1/s1. The summed E-state index contributed by atoms with van der Waals surface area (Å²) in [6.45, 7) is 11.1. The maximum absolute atomic E-state index is 13.5. The minimum Gasteiger partial charge on any atom is -0.444 e. The van der Waals surface area contributed by atoms with Crippen molar-refractivity contribution in [1.82, 2.24) is 10.2 Å². The number of nitrogens with one attached hydrogen (secondary N) is 1. The topological polar surface area (TPSA) is 105 Å². The van der Waals surface area contributed by atoms with E-state index in [0.717, 1.165) is 43.6 Å². The summed E-state index contributed by atoms with van der Waals surface area (Å²) >= 11 is 1.82. The molecule has 9 heteroatoms. The fraction of sp³-hybridized carbons (Fsp3) is 0.552. The molecular formula is C29H40N4O4S. The highest BCUT2D eigenvalue weighted by Crippen LogP contribution is 2.31. The second kappa shape index (κ2) is 11.4. The summed E-state index contributed by atoms with van der Waals surface area (Å²) in [4.78, 5) is 44.3. The molecule has 0 radical (unpaired) electrons. The number of benzene rings is 1. The highest BCUT2D eigenvalue weighted by atomic mass is 32.1. The summed E-state index contributed by atoms with van der Waals surface area (Å²) in [7, 11) is 0. The van der Waals surface area contributed by atoms with Crippen LogP contribution in [0, 0.1) is 5.92 Å². The van der Waals surface area contributed by atoms with Crippen LogP contribution < -0.4 is 16.0 Å². The second-order valence-corrected chi connectivity index (χ2v) is 12.6. The Morgan fingerprint density at radius 3 is 2.50 bits per heavy atom. The summed E-state index contributed by atoms with van der Waals surface area (Å²) in [6, 6.07) is 8.50. The van der Waals surface area contributed by atoms with E-state index in [2.05, 4.69) is 33.8 Å². The monoisotopic (exact) mass is 540 g/mol. The van der Waals surface area contributed by atoms with Gasteiger partial charge in [0.15, 0.2) is 0 Å². The summed E-state index contributed by atoms with van der Waals surface area (Å²) in [6.07, 6.45) is 2.38. The fourth-order valence-electron chi connectivity index (χ4n) is 5.37. The van der Waals surface area contributed by atoms with Crippen LogP contribution in [0.2, 0.25) is 0 Å². The number of piperidine rings is 1. The van der Waals surface area contributed by atoms with Crippen LogP contribution in [0.15, 0.2) is 35.7 Å². The number of hydrogen-bond acceptors (Lipinski definition) is 6. The number of amides is 3. The summed E-state index contributed by atoms with van der Waals surface area (Å²) in [5.41, 5.74) is 8.45. The molecule has 2 aliphatic rings. The number of thiophene rings is 1. The molecule has 206 valence electrons. The predicted octanol–water partition coefficient (Wildman–Crippen LogP) is 4.25. The quantitative estimate of drug-likeness (QED) is 0.570. The normalized spacial score (nSPS) is 22.4. The smallest absolute Gasteiger partial charge is 0.411 e. The molecule has 2 aromatic rings. The van der Waals surface area contributed by atoms with Crippen molar-refractivity contribution in [2.45, 2.75) is 90.6 Å². The predicted molar refractivity (Wildman–Crippen MR) is 150 cm³/mol. The molecule has 3 amide bonds. The molecule has 1 aromatic carbocycles. The summed E-state index contributed by atoms with van der Waals surface area (Å²) < 4.78 is 5.61. The minimum atomic E-state index is -0.887. The number of likely N-dealkylation sites (tertiary alicyclic amines) is 1. The first-order valence-corrected chi connectivity index (χ1v) is 14.3. The Balaban J connectivity index is 1.44. The zero-order valence-electron chi connectivity index (χ0n) is 23.0. The molecule has 8 nitrogen and oxygen atoms in total. The number of carbonyl (C=O) groups excluding carboxylic acids is 3. The number of hydrogen-bond donors (Lipinski definition) is 2. The second-order valence-electron chi connectivity index (χ2n) is 11.6. The van der Waals surface area contributed by atoms with Gasteiger partial charge in [0, 0.05) is 36.1 Å². The third kappa shape index (κ3) is 6.49. The summed E-state index contributed by atoms with van der Waals surface area (Å²) in [5, 5.41) is 5.00. The molecule has 4 atom stereocenters. The zero-order valence-corrected chi connectivity index (χ0v) is 23.8. The Morgan fingerprint density at radius 2 is 1.84 bits per heavy atom. The number of nitrogens with zero attached hydrogens (tertiary/aromatic N) is 2. The average molecular weight is 541 g/mol. The van der Waals surface area contributed by atoms with Gasteiger partial charge in [-0.15, -0.1) is 11.3 Å². The van der Waals surface area contributed by atoms with Gasteiger partial charge in [0.25, 0.3) is 0 Å². The van der Waals surface area contributed by atoms with E-state index in [9.17, 15) is 14.4 Å². The van der Waals surface area contributed by atoms with Crippen LogP contribution in [0.5, 0.6) is 0 Å². The van der Waals surface area contributed by atoms with E-state index in [1.54, 1.807) is 20.8 Å². The van der Waals surface area contributed by atoms with Gasteiger partial charge in [-0.05, 0) is 87.6 Å². The van der Waals surface area contributed by atoms with Crippen molar-refractivity contribution in [2.24, 2.45) is 11.7 Å². The Bertz CT molecular complexity index is 1160. The Labute approximate surface area is 229 Å². The lowest BCUT2D eigenvalue weighted by Crippen LogP contribution is -2.61. The van der Waals surface area contributed by atoms with Gasteiger partial charge in [-0.1, -0.05) is 19.1 Å². The lowest BCUT2D eigenvalue weighted by Gasteiger charge is -2.43. The van der Waals surface area contributed by atoms with Gasteiger partial charge in [-0.25, -0.2) is 4.79 Å². The molecule has 3 N–H and O–H groups in total. The van der Waals surface area contributed by atoms with Crippen molar-refractivity contribution in [3.05, 3.63) is 51.7 Å². The van der Waals surface area contributed by atoms with Gasteiger partial charge < -0.3 is 20.7 Å². The third-order valence-corrected chi connectivity index (χ3v) is 8.46. The molecule has 0 unspecified atom stereocenters. The molecule has 1 fully saturated rings. The van der Waals surface area contributed by atoms with Crippen molar-refractivity contribution in [3.8, 4) is 0 Å². The molecule has 3 heterocycles. The van der Waals surface area contributed by atoms with E-state index in [0.29, 0.717) is 0 Å². The van der Waals surface area contributed by atoms with Crippen LogP contribution in [0.25, 0.3) is 0 Å². The van der Waals surface area contributed by atoms with Crippen molar-refractivity contribution in [2.75, 3.05) is 11.4 Å². The maximum atomic E-state index is 13.5. The molecule has 0 aliphatic carbocycles. The Morgan fingerprint density at radius 1 is 1.13 bits per heavy atom. The number of ether oxygens (including phenoxy) is 1. The van der Waals surface area contributed by atoms with Crippen molar-refractivity contribution in [1.29, 1.82) is 0 Å². The lowest BCUT2D eigenvalue weighted by atomic mass is 9.86. The SMILES string of the molecule is C[C@@H]1CC[C@H](C)N(C(=O)OC(C)(C)C)[C@@H]1C(=O)N[C@@H](Cc1ccc(N2CCc3sccc3C2)cc1)C(N)=O. The van der Waals surface area contributed by atoms with Gasteiger partial charge in [-0.3, -0.25) is 14.5 Å². The van der Waals surface area contributed by atoms with Crippen LogP contribution >= 0.6 is 11.3 Å². The molecular weight excluding hydrogens is 500 g/mol. The number of primary amides is 1. The average Bonchev–Trinajstić information content (AvgIpc) is 3.32. The molecule has 1 saturated heterocycles. The van der Waals surface area contributed by atoms with E-state index in [1.165, 1.54) is 15.3 Å². The van der Waals surface area contributed by atoms with Crippen molar-refractivity contribution >= 4 is 34.9 Å². The van der Waals surface area contributed by atoms with Crippen LogP contribution in [0.3, 0.4) is 0 Å². The minimum absolute atomic E-state index is 0.0835.